The van der Waals surface area contributed by atoms with E-state index in [1.165, 1.54) is 0 Å². The fourth-order valence-corrected chi connectivity index (χ4v) is 3.54. The molecule has 0 radical (unpaired) electrons. The van der Waals surface area contributed by atoms with E-state index in [1.54, 1.807) is 6.08 Å². The van der Waals surface area contributed by atoms with Gasteiger partial charge in [-0.2, -0.15) is 0 Å². The van der Waals surface area contributed by atoms with Crippen molar-refractivity contribution in [2.24, 2.45) is 11.8 Å². The van der Waals surface area contributed by atoms with Gasteiger partial charge in [-0.3, -0.25) is 4.79 Å². The number of hydrogen-bond acceptors (Lipinski definition) is 9. The van der Waals surface area contributed by atoms with Gasteiger partial charge in [-0.1, -0.05) is 0 Å². The molecule has 0 bridgehead atoms. The second kappa shape index (κ2) is 7.04. The molecular weight excluding hydrogens is 324 g/mol. The number of ether oxygens (including phenoxy) is 3. The lowest BCUT2D eigenvalue weighted by Crippen LogP contribution is -2.59. The first kappa shape index (κ1) is 17.7. The number of esters is 1. The van der Waals surface area contributed by atoms with Crippen molar-refractivity contribution in [2.75, 3.05) is 19.8 Å². The molecule has 0 amide bonds. The summed E-state index contributed by atoms with van der Waals surface area (Å²) >= 11 is 0. The average Bonchev–Trinajstić information content (AvgIpc) is 3.08. The van der Waals surface area contributed by atoms with Gasteiger partial charge in [-0.15, -0.1) is 0 Å². The lowest BCUT2D eigenvalue weighted by Gasteiger charge is -2.40. The van der Waals surface area contributed by atoms with Crippen LogP contribution in [0.4, 0.5) is 0 Å². The highest BCUT2D eigenvalue weighted by molar-refractivity contribution is 5.73. The zero-order valence-corrected chi connectivity index (χ0v) is 12.9. The molecule has 0 aromatic rings. The summed E-state index contributed by atoms with van der Waals surface area (Å²) in [6.45, 7) is -0.705. The maximum atomic E-state index is 11.4. The average molecular weight is 346 g/mol. The highest BCUT2D eigenvalue weighted by atomic mass is 16.7. The third kappa shape index (κ3) is 3.08. The molecule has 24 heavy (non-hydrogen) atoms. The lowest BCUT2D eigenvalue weighted by molar-refractivity contribution is -0.303. The van der Waals surface area contributed by atoms with Crippen LogP contribution in [0.3, 0.4) is 0 Å². The quantitative estimate of drug-likeness (QED) is 0.265. The van der Waals surface area contributed by atoms with E-state index in [4.69, 9.17) is 19.3 Å². The van der Waals surface area contributed by atoms with Crippen molar-refractivity contribution in [3.63, 3.8) is 0 Å². The Hall–Kier alpha value is -1.07. The van der Waals surface area contributed by atoms with E-state index < -0.39 is 37.3 Å². The van der Waals surface area contributed by atoms with E-state index in [2.05, 4.69) is 0 Å². The molecule has 2 aliphatic heterocycles. The predicted molar refractivity (Wildman–Crippen MR) is 76.4 cm³/mol. The van der Waals surface area contributed by atoms with Crippen LogP contribution in [-0.4, -0.2) is 88.1 Å². The molecule has 0 saturated carbocycles. The lowest BCUT2D eigenvalue weighted by atomic mass is 9.89. The van der Waals surface area contributed by atoms with Gasteiger partial charge in [0, 0.05) is 11.8 Å². The Morgan fingerprint density at radius 3 is 2.58 bits per heavy atom. The number of aliphatic hydroxyl groups excluding tert-OH is 5. The van der Waals surface area contributed by atoms with Gasteiger partial charge < -0.3 is 39.7 Å². The molecule has 8 unspecified atom stereocenters. The van der Waals surface area contributed by atoms with Crippen molar-refractivity contribution in [1.82, 2.24) is 0 Å². The Bertz CT molecular complexity index is 505. The van der Waals surface area contributed by atoms with E-state index in [-0.39, 0.29) is 43.5 Å². The zero-order chi connectivity index (χ0) is 17.4. The number of hydrogen-bond donors (Lipinski definition) is 5. The highest BCUT2D eigenvalue weighted by Crippen LogP contribution is 2.41. The van der Waals surface area contributed by atoms with Gasteiger partial charge in [-0.05, 0) is 11.6 Å². The molecule has 2 heterocycles. The Labute approximate surface area is 138 Å². The first-order chi connectivity index (χ1) is 11.5. The Morgan fingerprint density at radius 1 is 1.17 bits per heavy atom. The summed E-state index contributed by atoms with van der Waals surface area (Å²) in [5, 5.41) is 48.1. The normalized spacial score (nSPS) is 45.0. The summed E-state index contributed by atoms with van der Waals surface area (Å²) in [7, 11) is 0. The van der Waals surface area contributed by atoms with Crippen LogP contribution >= 0.6 is 0 Å². The topological polar surface area (TPSA) is 146 Å². The van der Waals surface area contributed by atoms with Crippen LogP contribution in [0, 0.1) is 11.8 Å². The molecule has 0 aromatic carbocycles. The molecule has 3 aliphatic rings. The van der Waals surface area contributed by atoms with Gasteiger partial charge >= 0.3 is 5.97 Å². The van der Waals surface area contributed by atoms with Crippen LogP contribution < -0.4 is 0 Å². The number of carbonyl (C=O) groups excluding carboxylic acids is 1. The third-order valence-electron chi connectivity index (χ3n) is 4.93. The molecule has 1 aliphatic carbocycles. The Balaban J connectivity index is 1.64. The molecule has 8 atom stereocenters. The van der Waals surface area contributed by atoms with Crippen LogP contribution in [-0.2, 0) is 19.0 Å². The van der Waals surface area contributed by atoms with Crippen molar-refractivity contribution >= 4 is 5.97 Å². The van der Waals surface area contributed by atoms with Gasteiger partial charge in [0.2, 0.25) is 0 Å². The van der Waals surface area contributed by atoms with Crippen LogP contribution in [0.15, 0.2) is 11.6 Å². The monoisotopic (exact) mass is 346 g/mol. The summed E-state index contributed by atoms with van der Waals surface area (Å²) in [5.41, 5.74) is 0.682. The summed E-state index contributed by atoms with van der Waals surface area (Å²) in [4.78, 5) is 11.4. The molecule has 2 saturated heterocycles. The Morgan fingerprint density at radius 2 is 1.92 bits per heavy atom. The molecule has 0 aromatic heterocycles. The number of aliphatic hydroxyl groups is 5. The smallest absolute Gasteiger partial charge is 0.306 e. The molecule has 9 nitrogen and oxygen atoms in total. The second-order valence-corrected chi connectivity index (χ2v) is 6.36. The largest absolute Gasteiger partial charge is 0.458 e. The molecule has 0 spiro atoms. The Kier molecular flexibility index (Phi) is 5.21. The van der Waals surface area contributed by atoms with E-state index in [9.17, 15) is 25.2 Å². The zero-order valence-electron chi connectivity index (χ0n) is 12.9. The van der Waals surface area contributed by atoms with E-state index in [0.717, 1.165) is 0 Å². The molecule has 3 rings (SSSR count). The fourth-order valence-electron chi connectivity index (χ4n) is 3.54. The van der Waals surface area contributed by atoms with Crippen molar-refractivity contribution in [3.05, 3.63) is 11.6 Å². The van der Waals surface area contributed by atoms with Gasteiger partial charge in [0.25, 0.3) is 0 Å². The molecule has 136 valence electrons. The fraction of sp³-hybridized carbons (Fsp3) is 0.800. The summed E-state index contributed by atoms with van der Waals surface area (Å²) in [6.07, 6.45) is -5.20. The third-order valence-corrected chi connectivity index (χ3v) is 4.93. The van der Waals surface area contributed by atoms with Crippen molar-refractivity contribution in [1.29, 1.82) is 0 Å². The minimum atomic E-state index is -1.51. The minimum Gasteiger partial charge on any atom is -0.458 e. The maximum absolute atomic E-state index is 11.4. The van der Waals surface area contributed by atoms with Crippen molar-refractivity contribution in [2.45, 2.75) is 43.2 Å². The van der Waals surface area contributed by atoms with Crippen molar-refractivity contribution in [3.8, 4) is 0 Å². The van der Waals surface area contributed by atoms with Gasteiger partial charge in [-0.25, -0.2) is 0 Å². The highest BCUT2D eigenvalue weighted by Gasteiger charge is 2.47. The second-order valence-electron chi connectivity index (χ2n) is 6.36. The van der Waals surface area contributed by atoms with E-state index >= 15 is 0 Å². The molecular formula is C15H22O9. The first-order valence-corrected chi connectivity index (χ1v) is 7.89. The molecule has 2 fully saturated rings. The van der Waals surface area contributed by atoms with Crippen LogP contribution in [0.5, 0.6) is 0 Å². The van der Waals surface area contributed by atoms with Crippen LogP contribution in [0.1, 0.15) is 6.42 Å². The maximum Gasteiger partial charge on any atom is 0.306 e. The van der Waals surface area contributed by atoms with Crippen LogP contribution in [0.25, 0.3) is 0 Å². The standard InChI is InChI=1S/C15H22O9/c16-3-6-1-9-7(2-11(18)23-9)8(6)5-22-15-14(21)13(20)12(19)10(4-17)24-15/h1,7-10,12-17,19-21H,2-5H2. The van der Waals surface area contributed by atoms with Gasteiger partial charge in [0.15, 0.2) is 6.29 Å². The van der Waals surface area contributed by atoms with Crippen LogP contribution in [0.2, 0.25) is 0 Å². The number of carbonyl (C=O) groups is 1. The summed E-state index contributed by atoms with van der Waals surface area (Å²) in [5.74, 6) is -0.737. The first-order valence-electron chi connectivity index (χ1n) is 7.89. The van der Waals surface area contributed by atoms with Gasteiger partial charge in [0.1, 0.15) is 30.5 Å². The van der Waals surface area contributed by atoms with E-state index in [1.807, 2.05) is 0 Å². The SMILES string of the molecule is O=C1CC2C(C=C(CO)C2COC2OC(CO)C(O)C(O)C2O)O1. The predicted octanol–water partition coefficient (Wildman–Crippen LogP) is -2.72. The summed E-state index contributed by atoms with van der Waals surface area (Å²) in [6, 6.07) is 0. The molecule has 5 N–H and O–H groups in total. The van der Waals surface area contributed by atoms with Crippen molar-refractivity contribution < 1.29 is 44.5 Å². The van der Waals surface area contributed by atoms with Gasteiger partial charge in [0.05, 0.1) is 26.2 Å². The summed E-state index contributed by atoms with van der Waals surface area (Å²) < 4.78 is 16.0. The minimum absolute atomic E-state index is 0.0346. The number of rotatable bonds is 5. The van der Waals surface area contributed by atoms with E-state index in [0.29, 0.717) is 5.57 Å². The molecule has 9 heteroatoms. The number of fused-ring (bicyclic) bond motifs is 1.